The molecule has 0 atom stereocenters. The third-order valence-corrected chi connectivity index (χ3v) is 3.95. The maximum atomic E-state index is 12.4. The van der Waals surface area contributed by atoms with Crippen molar-refractivity contribution in [1.82, 2.24) is 4.90 Å². The quantitative estimate of drug-likeness (QED) is 0.778. The van der Waals surface area contributed by atoms with E-state index in [0.717, 1.165) is 19.3 Å². The summed E-state index contributed by atoms with van der Waals surface area (Å²) in [5, 5.41) is 8.88. The number of carboxylic acids is 1. The summed E-state index contributed by atoms with van der Waals surface area (Å²) in [6.45, 7) is 2.70. The first-order valence-electron chi connectivity index (χ1n) is 7.85. The van der Waals surface area contributed by atoms with E-state index >= 15 is 0 Å². The van der Waals surface area contributed by atoms with Gasteiger partial charge in [-0.15, -0.1) is 0 Å². The topological polar surface area (TPSA) is 76.1 Å². The minimum atomic E-state index is -0.990. The van der Waals surface area contributed by atoms with E-state index in [4.69, 9.17) is 14.6 Å². The second-order valence-corrected chi connectivity index (χ2v) is 5.59. The van der Waals surface area contributed by atoms with Crippen LogP contribution in [0.1, 0.15) is 40.0 Å². The van der Waals surface area contributed by atoms with Crippen molar-refractivity contribution >= 4 is 11.9 Å². The third-order valence-electron chi connectivity index (χ3n) is 3.95. The van der Waals surface area contributed by atoms with Crippen molar-refractivity contribution in [3.63, 3.8) is 0 Å². The predicted molar refractivity (Wildman–Crippen MR) is 84.8 cm³/mol. The number of methoxy groups -OCH3 is 1. The molecule has 0 saturated carbocycles. The lowest BCUT2D eigenvalue weighted by Crippen LogP contribution is -2.41. The average molecular weight is 321 g/mol. The summed E-state index contributed by atoms with van der Waals surface area (Å²) in [5.41, 5.74) is 0.708. The van der Waals surface area contributed by atoms with E-state index < -0.39 is 5.97 Å². The second-order valence-electron chi connectivity index (χ2n) is 5.59. The number of likely N-dealkylation sites (tertiary alicyclic amines) is 1. The molecule has 0 radical (unpaired) electrons. The smallest absolute Gasteiger partial charge is 0.335 e. The van der Waals surface area contributed by atoms with Gasteiger partial charge in [-0.2, -0.15) is 0 Å². The minimum Gasteiger partial charge on any atom is -0.478 e. The molecule has 1 fully saturated rings. The highest BCUT2D eigenvalue weighted by molar-refractivity contribution is 5.95. The molecule has 1 saturated heterocycles. The maximum absolute atomic E-state index is 12.4. The second kappa shape index (κ2) is 8.64. The van der Waals surface area contributed by atoms with Gasteiger partial charge in [0.05, 0.1) is 11.7 Å². The number of ether oxygens (including phenoxy) is 2. The fourth-order valence-electron chi connectivity index (χ4n) is 2.62. The Hall–Kier alpha value is -1.92. The van der Waals surface area contributed by atoms with E-state index in [1.54, 1.807) is 24.1 Å². The van der Waals surface area contributed by atoms with Gasteiger partial charge < -0.3 is 19.5 Å². The molecule has 1 aliphatic heterocycles. The van der Waals surface area contributed by atoms with Crippen molar-refractivity contribution in [1.29, 1.82) is 0 Å². The fraction of sp³-hybridized carbons (Fsp3) is 0.529. The van der Waals surface area contributed by atoms with E-state index in [9.17, 15) is 9.59 Å². The number of piperidine rings is 1. The summed E-state index contributed by atoms with van der Waals surface area (Å²) >= 11 is 0. The molecule has 1 N–H and O–H groups in total. The van der Waals surface area contributed by atoms with Crippen LogP contribution in [0.2, 0.25) is 0 Å². The van der Waals surface area contributed by atoms with Crippen LogP contribution in [0, 0.1) is 0 Å². The number of carbonyl (C=O) groups is 2. The van der Waals surface area contributed by atoms with Crippen molar-refractivity contribution in [3.05, 3.63) is 35.4 Å². The van der Waals surface area contributed by atoms with Crippen molar-refractivity contribution < 1.29 is 24.2 Å². The zero-order chi connectivity index (χ0) is 16.7. The maximum Gasteiger partial charge on any atom is 0.335 e. The molecule has 1 amide bonds. The Morgan fingerprint density at radius 2 is 1.74 bits per heavy atom. The summed E-state index contributed by atoms with van der Waals surface area (Å²) in [4.78, 5) is 25.0. The summed E-state index contributed by atoms with van der Waals surface area (Å²) in [7, 11) is 1.67. The van der Waals surface area contributed by atoms with Crippen LogP contribution in [-0.4, -0.2) is 61.4 Å². The van der Waals surface area contributed by atoms with Crippen LogP contribution in [0.3, 0.4) is 0 Å². The van der Waals surface area contributed by atoms with E-state index in [1.807, 2.05) is 0 Å². The van der Waals surface area contributed by atoms with Crippen LogP contribution in [0.4, 0.5) is 0 Å². The predicted octanol–water partition coefficient (Wildman–Crippen LogP) is 2.04. The van der Waals surface area contributed by atoms with Gasteiger partial charge in [-0.1, -0.05) is 0 Å². The van der Waals surface area contributed by atoms with Gasteiger partial charge in [0.2, 0.25) is 0 Å². The van der Waals surface area contributed by atoms with Gasteiger partial charge in [-0.25, -0.2) is 4.79 Å². The summed E-state index contributed by atoms with van der Waals surface area (Å²) in [5.74, 6) is -1.05. The molecule has 0 aliphatic carbocycles. The zero-order valence-electron chi connectivity index (χ0n) is 13.4. The minimum absolute atomic E-state index is 0.0558. The first kappa shape index (κ1) is 17.4. The molecule has 0 aromatic heterocycles. The van der Waals surface area contributed by atoms with Gasteiger partial charge in [-0.05, 0) is 43.5 Å². The highest BCUT2D eigenvalue weighted by Gasteiger charge is 2.24. The molecule has 23 heavy (non-hydrogen) atoms. The van der Waals surface area contributed by atoms with Crippen LogP contribution >= 0.6 is 0 Å². The molecule has 126 valence electrons. The van der Waals surface area contributed by atoms with Crippen molar-refractivity contribution in [2.24, 2.45) is 0 Å². The van der Waals surface area contributed by atoms with Crippen LogP contribution in [-0.2, 0) is 9.47 Å². The Morgan fingerprint density at radius 3 is 2.30 bits per heavy atom. The van der Waals surface area contributed by atoms with Gasteiger partial charge in [-0.3, -0.25) is 4.79 Å². The Balaban J connectivity index is 1.80. The SMILES string of the molecule is COCCCOC1CCN(C(=O)c2ccc(C(=O)O)cc2)CC1. The Morgan fingerprint density at radius 1 is 1.13 bits per heavy atom. The summed E-state index contributed by atoms with van der Waals surface area (Å²) in [6.07, 6.45) is 2.73. The number of amides is 1. The highest BCUT2D eigenvalue weighted by Crippen LogP contribution is 2.17. The van der Waals surface area contributed by atoms with E-state index in [2.05, 4.69) is 0 Å². The van der Waals surface area contributed by atoms with Gasteiger partial charge in [0.25, 0.3) is 5.91 Å². The van der Waals surface area contributed by atoms with Gasteiger partial charge in [0.1, 0.15) is 0 Å². The lowest BCUT2D eigenvalue weighted by Gasteiger charge is -2.32. The largest absolute Gasteiger partial charge is 0.478 e. The van der Waals surface area contributed by atoms with E-state index in [1.165, 1.54) is 12.1 Å². The third kappa shape index (κ3) is 5.04. The molecule has 2 rings (SSSR count). The molecule has 0 unspecified atom stereocenters. The van der Waals surface area contributed by atoms with Crippen molar-refractivity contribution in [3.8, 4) is 0 Å². The molecule has 1 aromatic carbocycles. The van der Waals surface area contributed by atoms with Gasteiger partial charge in [0, 0.05) is 39.0 Å². The van der Waals surface area contributed by atoms with Gasteiger partial charge in [0.15, 0.2) is 0 Å². The fourth-order valence-corrected chi connectivity index (χ4v) is 2.62. The molecule has 0 bridgehead atoms. The first-order valence-corrected chi connectivity index (χ1v) is 7.85. The number of aromatic carboxylic acids is 1. The number of benzene rings is 1. The normalized spacial score (nSPS) is 15.6. The lowest BCUT2D eigenvalue weighted by molar-refractivity contribution is 0.00188. The van der Waals surface area contributed by atoms with Crippen molar-refractivity contribution in [2.75, 3.05) is 33.4 Å². The van der Waals surface area contributed by atoms with Crippen LogP contribution in [0.15, 0.2) is 24.3 Å². The summed E-state index contributed by atoms with van der Waals surface area (Å²) < 4.78 is 10.8. The van der Waals surface area contributed by atoms with Crippen molar-refractivity contribution in [2.45, 2.75) is 25.4 Å². The Bertz CT molecular complexity index is 520. The van der Waals surface area contributed by atoms with Crippen LogP contribution < -0.4 is 0 Å². The number of carboxylic acid groups (broad SMARTS) is 1. The highest BCUT2D eigenvalue weighted by atomic mass is 16.5. The molecular formula is C17H23NO5. The standard InChI is InChI=1S/C17H23NO5/c1-22-11-2-12-23-15-7-9-18(10-8-15)16(19)13-3-5-14(6-4-13)17(20)21/h3-6,15H,2,7-12H2,1H3,(H,20,21). The first-order chi connectivity index (χ1) is 11.1. The summed E-state index contributed by atoms with van der Waals surface area (Å²) in [6, 6.07) is 6.06. The van der Waals surface area contributed by atoms with Crippen LogP contribution in [0.5, 0.6) is 0 Å². The molecule has 1 aromatic rings. The molecule has 6 heteroatoms. The van der Waals surface area contributed by atoms with E-state index in [0.29, 0.717) is 31.9 Å². The van der Waals surface area contributed by atoms with Crippen LogP contribution in [0.25, 0.3) is 0 Å². The number of carbonyl (C=O) groups excluding carboxylic acids is 1. The number of hydrogen-bond acceptors (Lipinski definition) is 4. The van der Waals surface area contributed by atoms with E-state index in [-0.39, 0.29) is 17.6 Å². The average Bonchev–Trinajstić information content (AvgIpc) is 2.59. The Labute approximate surface area is 136 Å². The molecule has 1 heterocycles. The number of rotatable bonds is 7. The Kier molecular flexibility index (Phi) is 6.55. The molecular weight excluding hydrogens is 298 g/mol. The number of hydrogen-bond donors (Lipinski definition) is 1. The van der Waals surface area contributed by atoms with Gasteiger partial charge >= 0.3 is 5.97 Å². The number of nitrogens with zero attached hydrogens (tertiary/aromatic N) is 1. The molecule has 1 aliphatic rings. The monoisotopic (exact) mass is 321 g/mol. The molecule has 6 nitrogen and oxygen atoms in total. The lowest BCUT2D eigenvalue weighted by atomic mass is 10.1. The zero-order valence-corrected chi connectivity index (χ0v) is 13.4. The molecule has 0 spiro atoms.